The van der Waals surface area contributed by atoms with Gasteiger partial charge in [-0.05, 0) is 18.4 Å². The molecule has 0 atom stereocenters. The topological polar surface area (TPSA) is 39.2 Å². The Morgan fingerprint density at radius 2 is 2.31 bits per heavy atom. The van der Waals surface area contributed by atoms with Crippen LogP contribution in [0.5, 0.6) is 0 Å². The van der Waals surface area contributed by atoms with Crippen molar-refractivity contribution in [2.75, 3.05) is 6.61 Å². The van der Waals surface area contributed by atoms with Crippen LogP contribution in [0.1, 0.15) is 17.3 Å². The molecular weight excluding hydrogens is 269 g/mol. The van der Waals surface area contributed by atoms with Crippen LogP contribution < -0.4 is 0 Å². The number of halogens is 2. The van der Waals surface area contributed by atoms with Crippen LogP contribution in [0.25, 0.3) is 10.2 Å². The lowest BCUT2D eigenvalue weighted by Gasteiger charge is -2.06. The maximum absolute atomic E-state index is 11.6. The predicted molar refractivity (Wildman–Crippen MR) is 65.6 cm³/mol. The van der Waals surface area contributed by atoms with Crippen molar-refractivity contribution in [3.63, 3.8) is 0 Å². The van der Waals surface area contributed by atoms with E-state index in [1.807, 2.05) is 5.38 Å². The first-order chi connectivity index (χ1) is 7.65. The van der Waals surface area contributed by atoms with Gasteiger partial charge in [-0.15, -0.1) is 11.3 Å². The number of carbonyl (C=O) groups is 1. The molecule has 0 spiro atoms. The molecule has 6 heteroatoms. The van der Waals surface area contributed by atoms with Gasteiger partial charge in [0.15, 0.2) is 0 Å². The zero-order valence-electron chi connectivity index (χ0n) is 8.29. The summed E-state index contributed by atoms with van der Waals surface area (Å²) in [6.07, 6.45) is 0. The van der Waals surface area contributed by atoms with Crippen LogP contribution in [-0.4, -0.2) is 17.6 Å². The fourth-order valence-corrected chi connectivity index (χ4v) is 2.78. The lowest BCUT2D eigenvalue weighted by Crippen LogP contribution is -2.07. The van der Waals surface area contributed by atoms with E-state index in [0.717, 1.165) is 4.70 Å². The highest BCUT2D eigenvalue weighted by Gasteiger charge is 2.20. The number of nitrogens with zero attached hydrogens (tertiary/aromatic N) is 1. The molecular formula is C10H7Cl2NO2S. The van der Waals surface area contributed by atoms with E-state index in [1.54, 1.807) is 13.0 Å². The average Bonchev–Trinajstić information content (AvgIpc) is 2.66. The molecule has 2 aromatic rings. The summed E-state index contributed by atoms with van der Waals surface area (Å²) in [6.45, 7) is 1.99. The van der Waals surface area contributed by atoms with Gasteiger partial charge in [-0.25, -0.2) is 9.78 Å². The molecule has 84 valence electrons. The molecule has 2 heterocycles. The Balaban J connectivity index is 2.63. The van der Waals surface area contributed by atoms with Gasteiger partial charge in [-0.3, -0.25) is 0 Å². The maximum Gasteiger partial charge on any atom is 0.342 e. The Morgan fingerprint density at radius 1 is 1.56 bits per heavy atom. The van der Waals surface area contributed by atoms with E-state index < -0.39 is 5.97 Å². The third-order valence-corrected chi connectivity index (χ3v) is 3.65. The first-order valence-corrected chi connectivity index (χ1v) is 6.18. The number of aromatic nitrogens is 1. The highest BCUT2D eigenvalue weighted by atomic mass is 35.5. The van der Waals surface area contributed by atoms with E-state index in [-0.39, 0.29) is 17.3 Å². The lowest BCUT2D eigenvalue weighted by molar-refractivity contribution is 0.0526. The van der Waals surface area contributed by atoms with Gasteiger partial charge in [0.2, 0.25) is 0 Å². The number of fused-ring (bicyclic) bond motifs is 1. The van der Waals surface area contributed by atoms with E-state index in [1.165, 1.54) is 11.3 Å². The van der Waals surface area contributed by atoms with Crippen LogP contribution in [0.3, 0.4) is 0 Å². The molecule has 3 nitrogen and oxygen atoms in total. The van der Waals surface area contributed by atoms with Crippen LogP contribution in [-0.2, 0) is 4.74 Å². The number of esters is 1. The monoisotopic (exact) mass is 275 g/mol. The number of rotatable bonds is 2. The van der Waals surface area contributed by atoms with Gasteiger partial charge in [0, 0.05) is 0 Å². The molecule has 0 bridgehead atoms. The van der Waals surface area contributed by atoms with E-state index in [4.69, 9.17) is 27.9 Å². The summed E-state index contributed by atoms with van der Waals surface area (Å²) in [7, 11) is 0. The summed E-state index contributed by atoms with van der Waals surface area (Å²) in [5, 5.41) is 2.23. The molecule has 2 rings (SSSR count). The molecule has 0 saturated heterocycles. The molecule has 0 aliphatic carbocycles. The smallest absolute Gasteiger partial charge is 0.342 e. The van der Waals surface area contributed by atoms with Crippen molar-refractivity contribution in [2.45, 2.75) is 6.92 Å². The van der Waals surface area contributed by atoms with Crippen molar-refractivity contribution in [2.24, 2.45) is 0 Å². The second-order valence-corrected chi connectivity index (χ2v) is 4.60. The standard InChI is InChI=1S/C10H7Cl2NO2S/c1-2-15-10(14)6-7(11)8-5(3-4-16-8)13-9(6)12/h3-4H,2H2,1H3. The van der Waals surface area contributed by atoms with Crippen molar-refractivity contribution in [1.82, 2.24) is 4.98 Å². The molecule has 0 N–H and O–H groups in total. The van der Waals surface area contributed by atoms with Crippen molar-refractivity contribution >= 4 is 50.7 Å². The summed E-state index contributed by atoms with van der Waals surface area (Å²) in [5.41, 5.74) is 0.827. The quantitative estimate of drug-likeness (QED) is 0.619. The molecule has 0 radical (unpaired) electrons. The Labute approximate surface area is 106 Å². The van der Waals surface area contributed by atoms with Gasteiger partial charge in [0.25, 0.3) is 0 Å². The van der Waals surface area contributed by atoms with E-state index >= 15 is 0 Å². The Morgan fingerprint density at radius 3 is 3.00 bits per heavy atom. The number of carbonyl (C=O) groups excluding carboxylic acids is 1. The van der Waals surface area contributed by atoms with Gasteiger partial charge in [-0.1, -0.05) is 23.2 Å². The van der Waals surface area contributed by atoms with E-state index in [9.17, 15) is 4.79 Å². The number of pyridine rings is 1. The largest absolute Gasteiger partial charge is 0.462 e. The Hall–Kier alpha value is -0.840. The summed E-state index contributed by atoms with van der Waals surface area (Å²) in [6, 6.07) is 1.80. The second kappa shape index (κ2) is 4.57. The summed E-state index contributed by atoms with van der Waals surface area (Å²) >= 11 is 13.4. The number of hydrogen-bond donors (Lipinski definition) is 0. The first kappa shape index (κ1) is 11.6. The fourth-order valence-electron chi connectivity index (χ4n) is 1.30. The van der Waals surface area contributed by atoms with Crippen LogP contribution in [0.4, 0.5) is 0 Å². The predicted octanol–water partition coefficient (Wildman–Crippen LogP) is 3.78. The lowest BCUT2D eigenvalue weighted by atomic mass is 10.2. The third-order valence-electron chi connectivity index (χ3n) is 1.97. The Bertz CT molecular complexity index is 553. The number of hydrogen-bond acceptors (Lipinski definition) is 4. The molecule has 2 aromatic heterocycles. The highest BCUT2D eigenvalue weighted by molar-refractivity contribution is 7.17. The van der Waals surface area contributed by atoms with Gasteiger partial charge in [0.1, 0.15) is 10.7 Å². The molecule has 0 aliphatic rings. The molecule has 0 aromatic carbocycles. The maximum atomic E-state index is 11.6. The van der Waals surface area contributed by atoms with Gasteiger partial charge in [0.05, 0.1) is 21.8 Å². The molecule has 0 aliphatic heterocycles. The molecule has 0 fully saturated rings. The zero-order valence-corrected chi connectivity index (χ0v) is 10.6. The van der Waals surface area contributed by atoms with E-state index in [2.05, 4.69) is 4.98 Å². The molecule has 0 unspecified atom stereocenters. The first-order valence-electron chi connectivity index (χ1n) is 4.54. The number of thiophene rings is 1. The molecule has 0 amide bonds. The Kier molecular flexibility index (Phi) is 3.33. The SMILES string of the molecule is CCOC(=O)c1c(Cl)nc2ccsc2c1Cl. The normalized spacial score (nSPS) is 10.7. The minimum absolute atomic E-state index is 0.0781. The fraction of sp³-hybridized carbons (Fsp3) is 0.200. The van der Waals surface area contributed by atoms with E-state index in [0.29, 0.717) is 10.5 Å². The summed E-state index contributed by atoms with van der Waals surface area (Å²) in [5.74, 6) is -0.541. The van der Waals surface area contributed by atoms with Crippen LogP contribution in [0.2, 0.25) is 10.2 Å². The molecule has 16 heavy (non-hydrogen) atoms. The van der Waals surface area contributed by atoms with Crippen molar-refractivity contribution in [3.8, 4) is 0 Å². The zero-order chi connectivity index (χ0) is 11.7. The van der Waals surface area contributed by atoms with Crippen LogP contribution in [0.15, 0.2) is 11.4 Å². The van der Waals surface area contributed by atoms with Crippen molar-refractivity contribution in [3.05, 3.63) is 27.2 Å². The average molecular weight is 276 g/mol. The van der Waals surface area contributed by atoms with Gasteiger partial charge in [-0.2, -0.15) is 0 Å². The minimum Gasteiger partial charge on any atom is -0.462 e. The molecule has 0 saturated carbocycles. The summed E-state index contributed by atoms with van der Waals surface area (Å²) < 4.78 is 5.62. The highest BCUT2D eigenvalue weighted by Crippen LogP contribution is 2.34. The van der Waals surface area contributed by atoms with Crippen LogP contribution >= 0.6 is 34.5 Å². The summed E-state index contributed by atoms with van der Waals surface area (Å²) in [4.78, 5) is 15.7. The van der Waals surface area contributed by atoms with Crippen molar-refractivity contribution in [1.29, 1.82) is 0 Å². The second-order valence-electron chi connectivity index (χ2n) is 2.95. The van der Waals surface area contributed by atoms with Crippen molar-refractivity contribution < 1.29 is 9.53 Å². The number of ether oxygens (including phenoxy) is 1. The van der Waals surface area contributed by atoms with Gasteiger partial charge < -0.3 is 4.74 Å². The van der Waals surface area contributed by atoms with Crippen LogP contribution in [0, 0.1) is 0 Å². The third kappa shape index (κ3) is 1.88. The van der Waals surface area contributed by atoms with Gasteiger partial charge >= 0.3 is 5.97 Å². The minimum atomic E-state index is -0.541.